The minimum absolute atomic E-state index is 0.145. The molecule has 0 atom stereocenters. The highest BCUT2D eigenvalue weighted by atomic mass is 35.5. The molecule has 2 heterocycles. The van der Waals surface area contributed by atoms with E-state index in [1.807, 2.05) is 0 Å². The Morgan fingerprint density at radius 2 is 2.22 bits per heavy atom. The van der Waals surface area contributed by atoms with Crippen LogP contribution in [-0.2, 0) is 13.6 Å². The number of benzene rings is 1. The van der Waals surface area contributed by atoms with Crippen molar-refractivity contribution in [1.29, 1.82) is 0 Å². The van der Waals surface area contributed by atoms with E-state index in [4.69, 9.17) is 11.6 Å². The molecule has 0 aliphatic rings. The van der Waals surface area contributed by atoms with Gasteiger partial charge in [-0.15, -0.1) is 0 Å². The van der Waals surface area contributed by atoms with E-state index in [0.717, 1.165) is 5.56 Å². The predicted molar refractivity (Wildman–Crippen MR) is 83.9 cm³/mol. The van der Waals surface area contributed by atoms with Crippen molar-refractivity contribution in [3.05, 3.63) is 65.0 Å². The largest absolute Gasteiger partial charge is 0.318 e. The number of aromatic nitrogens is 4. The summed E-state index contributed by atoms with van der Waals surface area (Å²) in [7, 11) is 1.68. The zero-order chi connectivity index (χ0) is 16.4. The minimum atomic E-state index is -0.416. The van der Waals surface area contributed by atoms with Crippen LogP contribution in [0.15, 0.2) is 42.9 Å². The van der Waals surface area contributed by atoms with Crippen molar-refractivity contribution in [2.75, 3.05) is 5.32 Å². The van der Waals surface area contributed by atoms with Gasteiger partial charge in [-0.25, -0.2) is 4.39 Å². The van der Waals surface area contributed by atoms with Crippen molar-refractivity contribution in [1.82, 2.24) is 19.6 Å². The number of carbonyl (C=O) groups is 1. The van der Waals surface area contributed by atoms with E-state index >= 15 is 0 Å². The smallest absolute Gasteiger partial charge is 0.277 e. The van der Waals surface area contributed by atoms with Gasteiger partial charge in [0.05, 0.1) is 23.5 Å². The van der Waals surface area contributed by atoms with E-state index < -0.39 is 5.91 Å². The number of nitrogens with zero attached hydrogens (tertiary/aromatic N) is 4. The maximum atomic E-state index is 13.2. The lowest BCUT2D eigenvalue weighted by Crippen LogP contribution is -2.13. The van der Waals surface area contributed by atoms with E-state index in [0.29, 0.717) is 12.2 Å². The van der Waals surface area contributed by atoms with Crippen LogP contribution in [0.25, 0.3) is 0 Å². The third-order valence-electron chi connectivity index (χ3n) is 3.12. The number of hydrogen-bond donors (Lipinski definition) is 1. The van der Waals surface area contributed by atoms with Crippen LogP contribution >= 0.6 is 11.6 Å². The second-order valence-electron chi connectivity index (χ2n) is 5.01. The monoisotopic (exact) mass is 333 g/mol. The third kappa shape index (κ3) is 3.57. The number of hydrogen-bond acceptors (Lipinski definition) is 3. The lowest BCUT2D eigenvalue weighted by molar-refractivity contribution is 0.102. The molecule has 8 heteroatoms. The summed E-state index contributed by atoms with van der Waals surface area (Å²) in [6.07, 6.45) is 4.71. The summed E-state index contributed by atoms with van der Waals surface area (Å²) in [6.45, 7) is 0.401. The molecule has 1 aromatic carbocycles. The molecule has 118 valence electrons. The predicted octanol–water partition coefficient (Wildman–Crippen LogP) is 2.71. The number of anilines is 1. The Bertz CT molecular complexity index is 857. The molecule has 0 fully saturated rings. The first kappa shape index (κ1) is 15.2. The molecule has 23 heavy (non-hydrogen) atoms. The lowest BCUT2D eigenvalue weighted by Gasteiger charge is -2.02. The van der Waals surface area contributed by atoms with Crippen LogP contribution in [0.3, 0.4) is 0 Å². The summed E-state index contributed by atoms with van der Waals surface area (Å²) in [5.74, 6) is -0.714. The molecule has 0 aliphatic heterocycles. The van der Waals surface area contributed by atoms with Gasteiger partial charge in [0.2, 0.25) is 0 Å². The highest BCUT2D eigenvalue weighted by Crippen LogP contribution is 2.16. The highest BCUT2D eigenvalue weighted by molar-refractivity contribution is 6.34. The van der Waals surface area contributed by atoms with Gasteiger partial charge < -0.3 is 5.32 Å². The molecule has 0 bridgehead atoms. The summed E-state index contributed by atoms with van der Waals surface area (Å²) in [4.78, 5) is 12.1. The van der Waals surface area contributed by atoms with Gasteiger partial charge in [-0.05, 0) is 17.7 Å². The number of halogens is 2. The zero-order valence-electron chi connectivity index (χ0n) is 12.2. The molecule has 0 spiro atoms. The number of rotatable bonds is 4. The Balaban J connectivity index is 1.70. The highest BCUT2D eigenvalue weighted by Gasteiger charge is 2.15. The molecular weight excluding hydrogens is 321 g/mol. The zero-order valence-corrected chi connectivity index (χ0v) is 13.0. The van der Waals surface area contributed by atoms with Crippen LogP contribution < -0.4 is 5.32 Å². The molecule has 0 radical (unpaired) electrons. The second kappa shape index (κ2) is 6.21. The third-order valence-corrected chi connectivity index (χ3v) is 3.40. The van der Waals surface area contributed by atoms with Gasteiger partial charge in [-0.2, -0.15) is 10.2 Å². The topological polar surface area (TPSA) is 64.7 Å². The molecule has 0 aliphatic carbocycles. The van der Waals surface area contributed by atoms with Crippen molar-refractivity contribution < 1.29 is 9.18 Å². The van der Waals surface area contributed by atoms with E-state index in [9.17, 15) is 9.18 Å². The van der Waals surface area contributed by atoms with E-state index in [1.54, 1.807) is 36.3 Å². The molecule has 6 nitrogen and oxygen atoms in total. The number of nitrogens with one attached hydrogen (secondary N) is 1. The van der Waals surface area contributed by atoms with Crippen LogP contribution in [-0.4, -0.2) is 25.5 Å². The summed E-state index contributed by atoms with van der Waals surface area (Å²) in [5, 5.41) is 11.1. The molecule has 2 aromatic heterocycles. The molecule has 3 rings (SSSR count). The van der Waals surface area contributed by atoms with Crippen molar-refractivity contribution in [2.24, 2.45) is 7.05 Å². The maximum Gasteiger partial charge on any atom is 0.277 e. The molecule has 1 N–H and O–H groups in total. The van der Waals surface area contributed by atoms with Gasteiger partial charge in [0.15, 0.2) is 5.69 Å². The van der Waals surface area contributed by atoms with Gasteiger partial charge in [0, 0.05) is 19.4 Å². The summed E-state index contributed by atoms with van der Waals surface area (Å²) < 4.78 is 16.2. The van der Waals surface area contributed by atoms with Crippen LogP contribution in [0.4, 0.5) is 10.1 Å². The van der Waals surface area contributed by atoms with Gasteiger partial charge in [0.25, 0.3) is 5.91 Å². The molecule has 0 saturated carbocycles. The Morgan fingerprint density at radius 3 is 2.91 bits per heavy atom. The van der Waals surface area contributed by atoms with Crippen molar-refractivity contribution >= 4 is 23.2 Å². The molecule has 3 aromatic rings. The lowest BCUT2D eigenvalue weighted by atomic mass is 10.2. The summed E-state index contributed by atoms with van der Waals surface area (Å²) in [5.41, 5.74) is 1.43. The number of amides is 1. The Hall–Kier alpha value is -2.67. The maximum absolute atomic E-state index is 13.2. The van der Waals surface area contributed by atoms with Crippen LogP contribution in [0.1, 0.15) is 16.1 Å². The second-order valence-corrected chi connectivity index (χ2v) is 5.42. The summed E-state index contributed by atoms with van der Waals surface area (Å²) >= 11 is 5.93. The van der Waals surface area contributed by atoms with Crippen LogP contribution in [0, 0.1) is 5.82 Å². The van der Waals surface area contributed by atoms with E-state index in [1.165, 1.54) is 23.0 Å². The Kier molecular flexibility index (Phi) is 4.12. The fourth-order valence-corrected chi connectivity index (χ4v) is 2.41. The Morgan fingerprint density at radius 1 is 1.39 bits per heavy atom. The first-order valence-corrected chi connectivity index (χ1v) is 7.16. The molecular formula is C15H13ClFN5O. The fourth-order valence-electron chi connectivity index (χ4n) is 2.14. The first-order chi connectivity index (χ1) is 11.0. The van der Waals surface area contributed by atoms with Crippen LogP contribution in [0.5, 0.6) is 0 Å². The average molecular weight is 334 g/mol. The standard InChI is InChI=1S/C15H13ClFN5O/c1-21-9-13(16)14(20-21)15(23)19-12-6-18-22(8-12)7-10-3-2-4-11(17)5-10/h2-6,8-9H,7H2,1H3,(H,19,23). The fraction of sp³-hybridized carbons (Fsp3) is 0.133. The Labute approximate surface area is 136 Å². The van der Waals surface area contributed by atoms with Crippen molar-refractivity contribution in [3.8, 4) is 0 Å². The average Bonchev–Trinajstić information content (AvgIpc) is 3.05. The number of aryl methyl sites for hydroxylation is 1. The van der Waals surface area contributed by atoms with Gasteiger partial charge in [-0.3, -0.25) is 14.2 Å². The summed E-state index contributed by atoms with van der Waals surface area (Å²) in [6, 6.07) is 6.26. The molecule has 1 amide bonds. The van der Waals surface area contributed by atoms with Gasteiger partial charge in [0.1, 0.15) is 5.82 Å². The van der Waals surface area contributed by atoms with Gasteiger partial charge in [-0.1, -0.05) is 23.7 Å². The number of carbonyl (C=O) groups excluding carboxylic acids is 1. The molecule has 0 unspecified atom stereocenters. The minimum Gasteiger partial charge on any atom is -0.318 e. The van der Waals surface area contributed by atoms with Crippen LogP contribution in [0.2, 0.25) is 5.02 Å². The molecule has 0 saturated heterocycles. The van der Waals surface area contributed by atoms with Gasteiger partial charge >= 0.3 is 0 Å². The van der Waals surface area contributed by atoms with E-state index in [2.05, 4.69) is 15.5 Å². The van der Waals surface area contributed by atoms with Crippen molar-refractivity contribution in [2.45, 2.75) is 6.54 Å². The SMILES string of the molecule is Cn1cc(Cl)c(C(=O)Nc2cnn(Cc3cccc(F)c3)c2)n1. The quantitative estimate of drug-likeness (QED) is 0.798. The van der Waals surface area contributed by atoms with Crippen molar-refractivity contribution in [3.63, 3.8) is 0 Å². The first-order valence-electron chi connectivity index (χ1n) is 6.78. The van der Waals surface area contributed by atoms with E-state index in [-0.39, 0.29) is 16.5 Å². The normalized spacial score (nSPS) is 10.7.